The van der Waals surface area contributed by atoms with Gasteiger partial charge in [-0.15, -0.1) is 0 Å². The Labute approximate surface area is 136 Å². The molecule has 1 atom stereocenters. The molecule has 3 heterocycles. The van der Waals surface area contributed by atoms with Gasteiger partial charge in [-0.05, 0) is 43.8 Å². The van der Waals surface area contributed by atoms with Crippen LogP contribution in [0.4, 0.5) is 0 Å². The van der Waals surface area contributed by atoms with Crippen molar-refractivity contribution in [1.29, 1.82) is 0 Å². The summed E-state index contributed by atoms with van der Waals surface area (Å²) < 4.78 is 5.00. The van der Waals surface area contributed by atoms with Crippen molar-refractivity contribution in [1.82, 2.24) is 9.80 Å². The Morgan fingerprint density at radius 3 is 2.61 bits per heavy atom. The molecular weight excluding hydrogens is 296 g/mol. The average Bonchev–Trinajstić information content (AvgIpc) is 3.11. The third kappa shape index (κ3) is 3.29. The SMILES string of the molecule is O=C(c1ccoc1)N1CCC2(CCN(CCO)CC2)[C@@H](CO)C1. The molecule has 6 nitrogen and oxygen atoms in total. The number of piperidine rings is 2. The molecule has 2 aliphatic rings. The molecule has 2 N–H and O–H groups in total. The van der Waals surface area contributed by atoms with Gasteiger partial charge in [0.05, 0.1) is 18.4 Å². The van der Waals surface area contributed by atoms with Crippen LogP contribution in [0.2, 0.25) is 0 Å². The predicted molar refractivity (Wildman–Crippen MR) is 85.0 cm³/mol. The molecule has 2 aliphatic heterocycles. The minimum Gasteiger partial charge on any atom is -0.472 e. The fourth-order valence-electron chi connectivity index (χ4n) is 4.14. The second-order valence-electron chi connectivity index (χ2n) is 6.82. The van der Waals surface area contributed by atoms with Gasteiger partial charge in [0, 0.05) is 32.2 Å². The second-order valence-corrected chi connectivity index (χ2v) is 6.82. The number of likely N-dealkylation sites (tertiary alicyclic amines) is 2. The summed E-state index contributed by atoms with van der Waals surface area (Å²) in [6.07, 6.45) is 6.00. The highest BCUT2D eigenvalue weighted by Crippen LogP contribution is 2.45. The molecule has 1 amide bonds. The van der Waals surface area contributed by atoms with Crippen molar-refractivity contribution in [3.05, 3.63) is 24.2 Å². The fourth-order valence-corrected chi connectivity index (χ4v) is 4.14. The molecule has 0 radical (unpaired) electrons. The van der Waals surface area contributed by atoms with Gasteiger partial charge in [-0.3, -0.25) is 4.79 Å². The largest absolute Gasteiger partial charge is 0.472 e. The third-order valence-corrected chi connectivity index (χ3v) is 5.73. The fraction of sp³-hybridized carbons (Fsp3) is 0.706. The number of carbonyl (C=O) groups excluding carboxylic acids is 1. The number of aliphatic hydroxyl groups excluding tert-OH is 2. The zero-order valence-corrected chi connectivity index (χ0v) is 13.5. The molecule has 3 rings (SSSR count). The zero-order valence-electron chi connectivity index (χ0n) is 13.5. The highest BCUT2D eigenvalue weighted by atomic mass is 16.3. The van der Waals surface area contributed by atoms with Crippen LogP contribution in [0.1, 0.15) is 29.6 Å². The number of hydrogen-bond donors (Lipinski definition) is 2. The van der Waals surface area contributed by atoms with E-state index in [1.54, 1.807) is 6.07 Å². The molecule has 0 aliphatic carbocycles. The highest BCUT2D eigenvalue weighted by Gasteiger charge is 2.45. The second kappa shape index (κ2) is 7.03. The first-order valence-electron chi connectivity index (χ1n) is 8.44. The van der Waals surface area contributed by atoms with Crippen LogP contribution in [0.15, 0.2) is 23.0 Å². The van der Waals surface area contributed by atoms with E-state index in [0.717, 1.165) is 45.4 Å². The molecule has 0 saturated carbocycles. The van der Waals surface area contributed by atoms with Crippen LogP contribution in [0.5, 0.6) is 0 Å². The number of furan rings is 1. The van der Waals surface area contributed by atoms with E-state index in [4.69, 9.17) is 9.52 Å². The van der Waals surface area contributed by atoms with Gasteiger partial charge in [0.1, 0.15) is 6.26 Å². The van der Waals surface area contributed by atoms with Crippen LogP contribution in [-0.2, 0) is 0 Å². The van der Waals surface area contributed by atoms with Crippen molar-refractivity contribution in [3.63, 3.8) is 0 Å². The Bertz CT molecular complexity index is 509. The molecular formula is C17H26N2O4. The van der Waals surface area contributed by atoms with E-state index in [1.165, 1.54) is 12.5 Å². The number of hydrogen-bond acceptors (Lipinski definition) is 5. The van der Waals surface area contributed by atoms with Crippen LogP contribution >= 0.6 is 0 Å². The lowest BCUT2D eigenvalue weighted by molar-refractivity contribution is -0.0369. The maximum absolute atomic E-state index is 12.5. The molecule has 1 aromatic heterocycles. The van der Waals surface area contributed by atoms with Crippen LogP contribution < -0.4 is 0 Å². The Kier molecular flexibility index (Phi) is 5.04. The highest BCUT2D eigenvalue weighted by molar-refractivity contribution is 5.93. The minimum atomic E-state index is -0.00948. The monoisotopic (exact) mass is 322 g/mol. The first-order valence-corrected chi connectivity index (χ1v) is 8.44. The first-order chi connectivity index (χ1) is 11.2. The van der Waals surface area contributed by atoms with Crippen LogP contribution in [0, 0.1) is 11.3 Å². The van der Waals surface area contributed by atoms with E-state index < -0.39 is 0 Å². The molecule has 2 saturated heterocycles. The first kappa shape index (κ1) is 16.5. The van der Waals surface area contributed by atoms with Crippen molar-refractivity contribution in [2.75, 3.05) is 45.9 Å². The summed E-state index contributed by atoms with van der Waals surface area (Å²) in [6.45, 7) is 4.32. The van der Waals surface area contributed by atoms with Crippen LogP contribution in [0.3, 0.4) is 0 Å². The van der Waals surface area contributed by atoms with Gasteiger partial charge in [0.15, 0.2) is 0 Å². The molecule has 0 unspecified atom stereocenters. The summed E-state index contributed by atoms with van der Waals surface area (Å²) in [7, 11) is 0. The minimum absolute atomic E-state index is 0.00948. The van der Waals surface area contributed by atoms with Gasteiger partial charge in [-0.1, -0.05) is 0 Å². The van der Waals surface area contributed by atoms with Crippen molar-refractivity contribution in [3.8, 4) is 0 Å². The number of β-amino-alcohol motifs (C(OH)–C–C–N with tert-alkyl or cyclic N) is 1. The molecule has 6 heteroatoms. The lowest BCUT2D eigenvalue weighted by Crippen LogP contribution is -2.54. The molecule has 0 bridgehead atoms. The van der Waals surface area contributed by atoms with Crippen molar-refractivity contribution < 1.29 is 19.4 Å². The summed E-state index contributed by atoms with van der Waals surface area (Å²) >= 11 is 0. The van der Waals surface area contributed by atoms with Crippen LogP contribution in [0.25, 0.3) is 0 Å². The molecule has 1 aromatic rings. The van der Waals surface area contributed by atoms with E-state index in [9.17, 15) is 9.90 Å². The molecule has 2 fully saturated rings. The van der Waals surface area contributed by atoms with Crippen LogP contribution in [-0.4, -0.2) is 71.9 Å². The summed E-state index contributed by atoms with van der Waals surface area (Å²) in [4.78, 5) is 16.6. The summed E-state index contributed by atoms with van der Waals surface area (Å²) in [5.41, 5.74) is 0.712. The van der Waals surface area contributed by atoms with Gasteiger partial charge in [-0.2, -0.15) is 0 Å². The topological polar surface area (TPSA) is 77.2 Å². The maximum Gasteiger partial charge on any atom is 0.257 e. The van der Waals surface area contributed by atoms with Gasteiger partial charge in [0.25, 0.3) is 5.91 Å². The lowest BCUT2D eigenvalue weighted by Gasteiger charge is -2.51. The Morgan fingerprint density at radius 1 is 1.26 bits per heavy atom. The normalized spacial score (nSPS) is 25.0. The third-order valence-electron chi connectivity index (χ3n) is 5.73. The number of rotatable bonds is 4. The van der Waals surface area contributed by atoms with Crippen molar-refractivity contribution in [2.45, 2.75) is 19.3 Å². The van der Waals surface area contributed by atoms with E-state index in [-0.39, 0.29) is 30.5 Å². The van der Waals surface area contributed by atoms with Gasteiger partial charge < -0.3 is 24.4 Å². The summed E-state index contributed by atoms with van der Waals surface area (Å²) in [5, 5.41) is 19.0. The number of amides is 1. The number of nitrogens with zero attached hydrogens (tertiary/aromatic N) is 2. The standard InChI is InChI=1S/C17H26N2O4/c20-9-8-18-5-2-17(3-6-18)4-7-19(11-15(17)12-21)16(22)14-1-10-23-13-14/h1,10,13,15,20-21H,2-9,11-12H2/t15-/m1/s1. The van der Waals surface area contributed by atoms with Gasteiger partial charge >= 0.3 is 0 Å². The van der Waals surface area contributed by atoms with Crippen molar-refractivity contribution in [2.24, 2.45) is 11.3 Å². The molecule has 23 heavy (non-hydrogen) atoms. The van der Waals surface area contributed by atoms with E-state index >= 15 is 0 Å². The van der Waals surface area contributed by atoms with Crippen molar-refractivity contribution >= 4 is 5.91 Å². The maximum atomic E-state index is 12.5. The zero-order chi connectivity index (χ0) is 16.3. The average molecular weight is 322 g/mol. The van der Waals surface area contributed by atoms with Gasteiger partial charge in [0.2, 0.25) is 0 Å². The molecule has 128 valence electrons. The van der Waals surface area contributed by atoms with E-state index in [2.05, 4.69) is 4.90 Å². The molecule has 0 aromatic carbocycles. The predicted octanol–water partition coefficient (Wildman–Crippen LogP) is 0.808. The number of carbonyl (C=O) groups is 1. The smallest absolute Gasteiger partial charge is 0.257 e. The quantitative estimate of drug-likeness (QED) is 0.858. The Morgan fingerprint density at radius 2 is 2.00 bits per heavy atom. The van der Waals surface area contributed by atoms with E-state index in [0.29, 0.717) is 12.1 Å². The lowest BCUT2D eigenvalue weighted by atomic mass is 9.64. The summed E-state index contributed by atoms with van der Waals surface area (Å²) in [6, 6.07) is 1.69. The Balaban J connectivity index is 1.64. The van der Waals surface area contributed by atoms with Gasteiger partial charge in [-0.25, -0.2) is 0 Å². The summed E-state index contributed by atoms with van der Waals surface area (Å²) in [5.74, 6) is 0.119. The Hall–Kier alpha value is -1.37. The number of aliphatic hydroxyl groups is 2. The van der Waals surface area contributed by atoms with E-state index in [1.807, 2.05) is 4.90 Å². The molecule has 1 spiro atoms.